The number of carbonyl (C=O) groups is 1. The molecular weight excluding hydrogens is 354 g/mol. The van der Waals surface area contributed by atoms with E-state index in [-0.39, 0.29) is 6.09 Å². The maximum Gasteiger partial charge on any atom is 0.410 e. The van der Waals surface area contributed by atoms with Crippen LogP contribution >= 0.6 is 0 Å². The van der Waals surface area contributed by atoms with E-state index in [0.29, 0.717) is 25.3 Å². The number of rotatable bonds is 2. The zero-order valence-corrected chi connectivity index (χ0v) is 16.3. The number of H-pyrrole nitrogens is 1. The lowest BCUT2D eigenvalue weighted by Gasteiger charge is -2.31. The van der Waals surface area contributed by atoms with Crippen molar-refractivity contribution in [1.82, 2.24) is 25.1 Å². The predicted molar refractivity (Wildman–Crippen MR) is 105 cm³/mol. The maximum absolute atomic E-state index is 12.5. The normalized spacial score (nSPS) is 13.9. The van der Waals surface area contributed by atoms with Crippen LogP contribution in [0.15, 0.2) is 42.6 Å². The van der Waals surface area contributed by atoms with Gasteiger partial charge in [-0.25, -0.2) is 14.8 Å². The Morgan fingerprint density at radius 2 is 1.93 bits per heavy atom. The van der Waals surface area contributed by atoms with Crippen LogP contribution in [0.2, 0.25) is 0 Å². The van der Waals surface area contributed by atoms with E-state index in [1.807, 2.05) is 57.2 Å². The molecule has 0 atom stereocenters. The van der Waals surface area contributed by atoms with Gasteiger partial charge >= 0.3 is 6.09 Å². The Balaban J connectivity index is 1.74. The summed E-state index contributed by atoms with van der Waals surface area (Å²) in [6, 6.07) is 11.7. The second kappa shape index (κ2) is 7.07. The number of benzene rings is 1. The molecule has 0 bridgehead atoms. The second-order valence-corrected chi connectivity index (χ2v) is 7.81. The maximum atomic E-state index is 12.5. The first-order chi connectivity index (χ1) is 13.4. The van der Waals surface area contributed by atoms with Crippen LogP contribution in [0.4, 0.5) is 4.79 Å². The molecule has 4 rings (SSSR count). The molecular formula is C21H23N5O2. The van der Waals surface area contributed by atoms with Crippen molar-refractivity contribution in [3.63, 3.8) is 0 Å². The van der Waals surface area contributed by atoms with Crippen LogP contribution in [0.1, 0.15) is 32.0 Å². The number of hydrogen-bond donors (Lipinski definition) is 1. The van der Waals surface area contributed by atoms with E-state index in [2.05, 4.69) is 10.2 Å². The Hall–Kier alpha value is -3.22. The van der Waals surface area contributed by atoms with Crippen molar-refractivity contribution < 1.29 is 9.53 Å². The van der Waals surface area contributed by atoms with Crippen LogP contribution in [0, 0.1) is 0 Å². The highest BCUT2D eigenvalue weighted by Crippen LogP contribution is 2.30. The Morgan fingerprint density at radius 1 is 1.14 bits per heavy atom. The summed E-state index contributed by atoms with van der Waals surface area (Å²) in [5.41, 5.74) is 3.98. The van der Waals surface area contributed by atoms with E-state index >= 15 is 0 Å². The van der Waals surface area contributed by atoms with Gasteiger partial charge in [-0.15, -0.1) is 0 Å². The van der Waals surface area contributed by atoms with Gasteiger partial charge in [-0.3, -0.25) is 5.10 Å². The first-order valence-corrected chi connectivity index (χ1v) is 9.33. The monoisotopic (exact) mass is 377 g/mol. The molecule has 7 nitrogen and oxygen atoms in total. The van der Waals surface area contributed by atoms with Crippen molar-refractivity contribution in [2.75, 3.05) is 6.54 Å². The van der Waals surface area contributed by atoms with Gasteiger partial charge in [0.15, 0.2) is 5.82 Å². The molecule has 1 N–H and O–H groups in total. The lowest BCUT2D eigenvalue weighted by Crippen LogP contribution is -2.40. The molecule has 7 heteroatoms. The van der Waals surface area contributed by atoms with Gasteiger partial charge in [0.2, 0.25) is 0 Å². The van der Waals surface area contributed by atoms with Gasteiger partial charge in [0, 0.05) is 23.9 Å². The van der Waals surface area contributed by atoms with Crippen molar-refractivity contribution in [2.45, 2.75) is 39.3 Å². The summed E-state index contributed by atoms with van der Waals surface area (Å²) in [7, 11) is 0. The molecule has 0 saturated carbocycles. The van der Waals surface area contributed by atoms with Gasteiger partial charge in [-0.05, 0) is 33.3 Å². The highest BCUT2D eigenvalue weighted by atomic mass is 16.6. The second-order valence-electron chi connectivity index (χ2n) is 7.81. The smallest absolute Gasteiger partial charge is 0.410 e. The minimum atomic E-state index is -0.528. The number of carbonyl (C=O) groups excluding carboxylic acids is 1. The topological polar surface area (TPSA) is 84.0 Å². The molecule has 144 valence electrons. The molecule has 1 amide bonds. The third-order valence-electron chi connectivity index (χ3n) is 4.50. The summed E-state index contributed by atoms with van der Waals surface area (Å²) in [4.78, 5) is 23.8. The molecule has 1 aromatic carbocycles. The van der Waals surface area contributed by atoms with Crippen LogP contribution in [0.3, 0.4) is 0 Å². The number of nitrogens with zero attached hydrogens (tertiary/aromatic N) is 4. The molecule has 0 fully saturated rings. The Morgan fingerprint density at radius 3 is 2.61 bits per heavy atom. The van der Waals surface area contributed by atoms with Crippen molar-refractivity contribution in [1.29, 1.82) is 0 Å². The van der Waals surface area contributed by atoms with Crippen molar-refractivity contribution in [3.8, 4) is 22.8 Å². The van der Waals surface area contributed by atoms with Crippen LogP contribution in [-0.2, 0) is 17.7 Å². The van der Waals surface area contributed by atoms with E-state index in [1.54, 1.807) is 11.1 Å². The van der Waals surface area contributed by atoms with Crippen LogP contribution in [0.5, 0.6) is 0 Å². The van der Waals surface area contributed by atoms with Gasteiger partial charge in [-0.2, -0.15) is 5.10 Å². The van der Waals surface area contributed by atoms with Gasteiger partial charge in [0.05, 0.1) is 23.6 Å². The zero-order valence-electron chi connectivity index (χ0n) is 16.3. The Bertz CT molecular complexity index is 978. The highest BCUT2D eigenvalue weighted by molar-refractivity contribution is 5.70. The Labute approximate surface area is 163 Å². The van der Waals surface area contributed by atoms with Gasteiger partial charge in [0.25, 0.3) is 0 Å². The molecule has 3 heterocycles. The molecule has 1 aliphatic heterocycles. The van der Waals surface area contributed by atoms with Crippen LogP contribution in [0.25, 0.3) is 22.8 Å². The molecule has 0 saturated heterocycles. The minimum Gasteiger partial charge on any atom is -0.444 e. The lowest BCUT2D eigenvalue weighted by atomic mass is 10.0. The fourth-order valence-electron chi connectivity index (χ4n) is 3.24. The minimum absolute atomic E-state index is 0.318. The fraction of sp³-hybridized carbons (Fsp3) is 0.333. The summed E-state index contributed by atoms with van der Waals surface area (Å²) < 4.78 is 5.54. The summed E-state index contributed by atoms with van der Waals surface area (Å²) in [6.45, 7) is 6.57. The number of hydrogen-bond acceptors (Lipinski definition) is 5. The first-order valence-electron chi connectivity index (χ1n) is 9.33. The van der Waals surface area contributed by atoms with Crippen LogP contribution < -0.4 is 0 Å². The molecule has 28 heavy (non-hydrogen) atoms. The average Bonchev–Trinajstić information content (AvgIpc) is 3.20. The summed E-state index contributed by atoms with van der Waals surface area (Å²) in [6.07, 6.45) is 2.06. The average molecular weight is 377 g/mol. The van der Waals surface area contributed by atoms with Gasteiger partial charge in [0.1, 0.15) is 5.60 Å². The quantitative estimate of drug-likeness (QED) is 0.734. The molecule has 2 aromatic heterocycles. The third-order valence-corrected chi connectivity index (χ3v) is 4.50. The molecule has 0 spiro atoms. The number of amides is 1. The molecule has 0 radical (unpaired) electrons. The molecule has 0 unspecified atom stereocenters. The standard InChI is InChI=1S/C21H23N5O2/c1-21(2,3)28-20(27)26-12-10-15-17(13-26)23-19(14-7-5-4-6-8-14)24-18(15)16-9-11-22-25-16/h4-9,11H,10,12-13H2,1-3H3,(H,22,25). The zero-order chi connectivity index (χ0) is 19.7. The van der Waals surface area contributed by atoms with Gasteiger partial charge < -0.3 is 9.64 Å². The van der Waals surface area contributed by atoms with Gasteiger partial charge in [-0.1, -0.05) is 30.3 Å². The number of fused-ring (bicyclic) bond motifs is 1. The number of aromatic nitrogens is 4. The third kappa shape index (κ3) is 3.74. The van der Waals surface area contributed by atoms with E-state index < -0.39 is 5.60 Å². The summed E-state index contributed by atoms with van der Waals surface area (Å²) in [5, 5.41) is 7.07. The van der Waals surface area contributed by atoms with E-state index in [9.17, 15) is 4.79 Å². The summed E-state index contributed by atoms with van der Waals surface area (Å²) >= 11 is 0. The van der Waals surface area contributed by atoms with Crippen molar-refractivity contribution in [3.05, 3.63) is 53.9 Å². The Kier molecular flexibility index (Phi) is 4.58. The SMILES string of the molecule is CC(C)(C)OC(=O)N1CCc2c(nc(-c3ccccc3)nc2-c2ccn[nH]2)C1. The van der Waals surface area contributed by atoms with E-state index in [0.717, 1.165) is 28.2 Å². The molecule has 3 aromatic rings. The fourth-order valence-corrected chi connectivity index (χ4v) is 3.24. The number of nitrogens with one attached hydrogen (secondary N) is 1. The van der Waals surface area contributed by atoms with Crippen molar-refractivity contribution >= 4 is 6.09 Å². The lowest BCUT2D eigenvalue weighted by molar-refractivity contribution is 0.0221. The highest BCUT2D eigenvalue weighted by Gasteiger charge is 2.29. The largest absolute Gasteiger partial charge is 0.444 e. The predicted octanol–water partition coefficient (Wildman–Crippen LogP) is 3.83. The first kappa shape index (κ1) is 18.2. The van der Waals surface area contributed by atoms with Crippen LogP contribution in [-0.4, -0.2) is 43.3 Å². The number of aromatic amines is 1. The molecule has 1 aliphatic rings. The molecule has 0 aliphatic carbocycles. The summed E-state index contributed by atoms with van der Waals surface area (Å²) in [5.74, 6) is 0.634. The van der Waals surface area contributed by atoms with Crippen molar-refractivity contribution in [2.24, 2.45) is 0 Å². The van der Waals surface area contributed by atoms with E-state index in [4.69, 9.17) is 14.7 Å². The van der Waals surface area contributed by atoms with E-state index in [1.165, 1.54) is 0 Å². The number of ether oxygens (including phenoxy) is 1.